The van der Waals surface area contributed by atoms with Crippen LogP contribution in [-0.2, 0) is 12.8 Å². The van der Waals surface area contributed by atoms with Gasteiger partial charge in [-0.05, 0) is 43.3 Å². The molecule has 3 nitrogen and oxygen atoms in total. The highest BCUT2D eigenvalue weighted by atomic mass is 35.5. The standard InChI is InChI=1S/C17H21ClN2O/c1-3-13-7-8-15(20-11-13)10-16(19-2)12-21-17-6-4-5-14(18)9-17/h4-9,11,16,19H,3,10,12H2,1-2H3. The molecule has 112 valence electrons. The smallest absolute Gasteiger partial charge is 0.120 e. The summed E-state index contributed by atoms with van der Waals surface area (Å²) in [5.41, 5.74) is 2.33. The fraction of sp³-hybridized carbons (Fsp3) is 0.353. The maximum Gasteiger partial charge on any atom is 0.120 e. The molecule has 0 spiro atoms. The summed E-state index contributed by atoms with van der Waals surface area (Å²) < 4.78 is 5.78. The molecular formula is C17H21ClN2O. The molecule has 1 atom stereocenters. The predicted octanol–water partition coefficient (Wildman–Crippen LogP) is 3.51. The molecule has 4 heteroatoms. The molecule has 2 aromatic rings. The Labute approximate surface area is 131 Å². The van der Waals surface area contributed by atoms with Crippen molar-refractivity contribution in [3.63, 3.8) is 0 Å². The van der Waals surface area contributed by atoms with Gasteiger partial charge in [0.05, 0.1) is 0 Å². The van der Waals surface area contributed by atoms with Crippen LogP contribution in [0.25, 0.3) is 0 Å². The molecule has 0 aliphatic heterocycles. The average Bonchev–Trinajstić information content (AvgIpc) is 2.52. The van der Waals surface area contributed by atoms with E-state index in [1.54, 1.807) is 0 Å². The molecule has 21 heavy (non-hydrogen) atoms. The van der Waals surface area contributed by atoms with Crippen LogP contribution < -0.4 is 10.1 Å². The van der Waals surface area contributed by atoms with E-state index in [2.05, 4.69) is 29.4 Å². The van der Waals surface area contributed by atoms with Crippen LogP contribution in [-0.4, -0.2) is 24.7 Å². The summed E-state index contributed by atoms with van der Waals surface area (Å²) in [6, 6.07) is 11.9. The second-order valence-corrected chi connectivity index (χ2v) is 5.41. The highest BCUT2D eigenvalue weighted by Crippen LogP contribution is 2.17. The number of rotatable bonds is 7. The molecule has 1 aromatic carbocycles. The Hall–Kier alpha value is -1.58. The van der Waals surface area contributed by atoms with Crippen molar-refractivity contribution in [2.45, 2.75) is 25.8 Å². The molecule has 0 fully saturated rings. The van der Waals surface area contributed by atoms with Gasteiger partial charge in [-0.1, -0.05) is 30.7 Å². The van der Waals surface area contributed by atoms with Crippen molar-refractivity contribution in [3.05, 3.63) is 58.9 Å². The molecule has 2 rings (SSSR count). The van der Waals surface area contributed by atoms with Crippen molar-refractivity contribution in [2.24, 2.45) is 0 Å². The number of ether oxygens (including phenoxy) is 1. The third kappa shape index (κ3) is 5.03. The molecule has 0 bridgehead atoms. The van der Waals surface area contributed by atoms with E-state index >= 15 is 0 Å². The van der Waals surface area contributed by atoms with Crippen LogP contribution in [0.15, 0.2) is 42.6 Å². The molecule has 1 aromatic heterocycles. The van der Waals surface area contributed by atoms with Gasteiger partial charge in [-0.15, -0.1) is 0 Å². The monoisotopic (exact) mass is 304 g/mol. The maximum atomic E-state index is 5.95. The minimum absolute atomic E-state index is 0.212. The van der Waals surface area contributed by atoms with Crippen LogP contribution in [0.1, 0.15) is 18.2 Å². The largest absolute Gasteiger partial charge is 0.492 e. The molecule has 1 heterocycles. The molecule has 0 saturated carbocycles. The molecule has 0 amide bonds. The highest BCUT2D eigenvalue weighted by Gasteiger charge is 2.09. The summed E-state index contributed by atoms with van der Waals surface area (Å²) in [6.45, 7) is 2.71. The number of benzene rings is 1. The summed E-state index contributed by atoms with van der Waals surface area (Å²) >= 11 is 5.95. The Morgan fingerprint density at radius 2 is 2.14 bits per heavy atom. The third-order valence-corrected chi connectivity index (χ3v) is 3.64. The molecule has 0 aliphatic rings. The van der Waals surface area contributed by atoms with Gasteiger partial charge in [-0.25, -0.2) is 0 Å². The van der Waals surface area contributed by atoms with Gasteiger partial charge in [0.15, 0.2) is 0 Å². The lowest BCUT2D eigenvalue weighted by atomic mass is 10.1. The van der Waals surface area contributed by atoms with Gasteiger partial charge in [0.2, 0.25) is 0 Å². The fourth-order valence-electron chi connectivity index (χ4n) is 2.04. The topological polar surface area (TPSA) is 34.1 Å². The van der Waals surface area contributed by atoms with E-state index in [-0.39, 0.29) is 6.04 Å². The maximum absolute atomic E-state index is 5.95. The number of pyridine rings is 1. The van der Waals surface area contributed by atoms with Crippen LogP contribution in [0.5, 0.6) is 5.75 Å². The van der Waals surface area contributed by atoms with Gasteiger partial charge >= 0.3 is 0 Å². The number of aryl methyl sites for hydroxylation is 1. The van der Waals surface area contributed by atoms with E-state index in [0.717, 1.165) is 24.3 Å². The normalized spacial score (nSPS) is 12.1. The average molecular weight is 305 g/mol. The second kappa shape index (κ2) is 8.01. The summed E-state index contributed by atoms with van der Waals surface area (Å²) in [7, 11) is 1.94. The molecule has 0 radical (unpaired) electrons. The molecular weight excluding hydrogens is 284 g/mol. The van der Waals surface area contributed by atoms with E-state index in [1.807, 2.05) is 37.5 Å². The molecule has 0 saturated heterocycles. The summed E-state index contributed by atoms with van der Waals surface area (Å²) in [5, 5.41) is 3.95. The van der Waals surface area contributed by atoms with E-state index in [1.165, 1.54) is 5.56 Å². The van der Waals surface area contributed by atoms with E-state index in [0.29, 0.717) is 11.6 Å². The SMILES string of the molecule is CCc1ccc(CC(COc2cccc(Cl)c2)NC)nc1. The first-order valence-electron chi connectivity index (χ1n) is 7.20. The van der Waals surface area contributed by atoms with Gasteiger partial charge in [-0.3, -0.25) is 4.98 Å². The number of hydrogen-bond acceptors (Lipinski definition) is 3. The lowest BCUT2D eigenvalue weighted by Crippen LogP contribution is -2.34. The number of aromatic nitrogens is 1. The lowest BCUT2D eigenvalue weighted by Gasteiger charge is -2.17. The van der Waals surface area contributed by atoms with Crippen LogP contribution in [0.2, 0.25) is 5.02 Å². The predicted molar refractivity (Wildman–Crippen MR) is 87.1 cm³/mol. The summed E-state index contributed by atoms with van der Waals surface area (Å²) in [5.74, 6) is 0.789. The first-order chi connectivity index (χ1) is 10.2. The van der Waals surface area contributed by atoms with Gasteiger partial charge < -0.3 is 10.1 Å². The van der Waals surface area contributed by atoms with E-state index in [9.17, 15) is 0 Å². The quantitative estimate of drug-likeness (QED) is 0.850. The second-order valence-electron chi connectivity index (χ2n) is 4.97. The highest BCUT2D eigenvalue weighted by molar-refractivity contribution is 6.30. The number of nitrogens with zero attached hydrogens (tertiary/aromatic N) is 1. The van der Waals surface area contributed by atoms with E-state index in [4.69, 9.17) is 16.3 Å². The minimum atomic E-state index is 0.212. The van der Waals surface area contributed by atoms with Gasteiger partial charge in [0, 0.05) is 29.4 Å². The first kappa shape index (κ1) is 15.8. The molecule has 1 unspecified atom stereocenters. The molecule has 0 aliphatic carbocycles. The van der Waals surface area contributed by atoms with Crippen molar-refractivity contribution in [2.75, 3.05) is 13.7 Å². The number of hydrogen-bond donors (Lipinski definition) is 1. The van der Waals surface area contributed by atoms with Crippen LogP contribution in [0.4, 0.5) is 0 Å². The fourth-order valence-corrected chi connectivity index (χ4v) is 2.22. The Balaban J connectivity index is 1.90. The van der Waals surface area contributed by atoms with Gasteiger partial charge in [-0.2, -0.15) is 0 Å². The van der Waals surface area contributed by atoms with Gasteiger partial charge in [0.1, 0.15) is 12.4 Å². The van der Waals surface area contributed by atoms with E-state index < -0.39 is 0 Å². The Morgan fingerprint density at radius 1 is 1.29 bits per heavy atom. The zero-order valence-corrected chi connectivity index (χ0v) is 13.2. The Kier molecular flexibility index (Phi) is 6.03. The third-order valence-electron chi connectivity index (χ3n) is 3.41. The lowest BCUT2D eigenvalue weighted by molar-refractivity contribution is 0.269. The van der Waals surface area contributed by atoms with Gasteiger partial charge in [0.25, 0.3) is 0 Å². The van der Waals surface area contributed by atoms with Crippen LogP contribution >= 0.6 is 11.6 Å². The number of halogens is 1. The van der Waals surface area contributed by atoms with Crippen molar-refractivity contribution in [3.8, 4) is 5.75 Å². The zero-order valence-electron chi connectivity index (χ0n) is 12.5. The summed E-state index contributed by atoms with van der Waals surface area (Å²) in [4.78, 5) is 4.49. The Morgan fingerprint density at radius 3 is 2.76 bits per heavy atom. The minimum Gasteiger partial charge on any atom is -0.492 e. The van der Waals surface area contributed by atoms with Crippen molar-refractivity contribution >= 4 is 11.6 Å². The van der Waals surface area contributed by atoms with Crippen LogP contribution in [0.3, 0.4) is 0 Å². The molecule has 1 N–H and O–H groups in total. The van der Waals surface area contributed by atoms with Crippen molar-refractivity contribution in [1.82, 2.24) is 10.3 Å². The first-order valence-corrected chi connectivity index (χ1v) is 7.58. The number of nitrogens with one attached hydrogen (secondary N) is 1. The summed E-state index contributed by atoms with van der Waals surface area (Å²) in [6.07, 6.45) is 3.79. The van der Waals surface area contributed by atoms with Crippen molar-refractivity contribution in [1.29, 1.82) is 0 Å². The Bertz CT molecular complexity index is 557. The zero-order chi connectivity index (χ0) is 15.1. The van der Waals surface area contributed by atoms with Crippen LogP contribution in [0, 0.1) is 0 Å². The van der Waals surface area contributed by atoms with Crippen molar-refractivity contribution < 1.29 is 4.74 Å². The number of likely N-dealkylation sites (N-methyl/N-ethyl adjacent to an activating group) is 1.